The molecule has 2 aliphatic rings. The SMILES string of the molecule is C#CCN(CC1CC1)C(=O)C1CC=CCC1C(=O)O. The van der Waals surface area contributed by atoms with E-state index in [1.807, 2.05) is 12.2 Å². The highest BCUT2D eigenvalue weighted by molar-refractivity contribution is 5.85. The largest absolute Gasteiger partial charge is 0.481 e. The number of aliphatic carboxylic acids is 1. The van der Waals surface area contributed by atoms with E-state index in [2.05, 4.69) is 5.92 Å². The lowest BCUT2D eigenvalue weighted by molar-refractivity contribution is -0.150. The molecule has 0 aliphatic heterocycles. The molecule has 0 saturated heterocycles. The van der Waals surface area contributed by atoms with Crippen molar-refractivity contribution in [3.63, 3.8) is 0 Å². The number of amides is 1. The average Bonchev–Trinajstić information content (AvgIpc) is 3.21. The van der Waals surface area contributed by atoms with Crippen molar-refractivity contribution in [2.75, 3.05) is 13.1 Å². The molecular weight excluding hydrogens is 242 g/mol. The van der Waals surface area contributed by atoms with Crippen molar-refractivity contribution in [3.05, 3.63) is 12.2 Å². The Hall–Kier alpha value is -1.76. The lowest BCUT2D eigenvalue weighted by Crippen LogP contribution is -2.42. The maximum absolute atomic E-state index is 12.5. The third kappa shape index (κ3) is 3.37. The number of allylic oxidation sites excluding steroid dienone is 2. The Morgan fingerprint density at radius 2 is 1.89 bits per heavy atom. The van der Waals surface area contributed by atoms with Gasteiger partial charge in [0.1, 0.15) is 0 Å². The van der Waals surface area contributed by atoms with E-state index in [4.69, 9.17) is 6.42 Å². The molecule has 1 saturated carbocycles. The van der Waals surface area contributed by atoms with Gasteiger partial charge in [-0.25, -0.2) is 0 Å². The average molecular weight is 261 g/mol. The summed E-state index contributed by atoms with van der Waals surface area (Å²) in [5.41, 5.74) is 0. The first kappa shape index (κ1) is 13.7. The van der Waals surface area contributed by atoms with Gasteiger partial charge in [-0.05, 0) is 31.6 Å². The molecule has 2 rings (SSSR count). The van der Waals surface area contributed by atoms with Crippen LogP contribution in [0, 0.1) is 30.1 Å². The molecule has 19 heavy (non-hydrogen) atoms. The number of hydrogen-bond acceptors (Lipinski definition) is 2. The molecule has 0 spiro atoms. The first-order chi connectivity index (χ1) is 9.13. The van der Waals surface area contributed by atoms with Gasteiger partial charge in [-0.2, -0.15) is 0 Å². The molecule has 0 heterocycles. The minimum atomic E-state index is -0.894. The topological polar surface area (TPSA) is 57.6 Å². The van der Waals surface area contributed by atoms with Gasteiger partial charge in [-0.15, -0.1) is 6.42 Å². The highest BCUT2D eigenvalue weighted by Crippen LogP contribution is 2.32. The normalized spacial score (nSPS) is 25.6. The lowest BCUT2D eigenvalue weighted by atomic mass is 9.82. The van der Waals surface area contributed by atoms with Crippen LogP contribution in [0.1, 0.15) is 25.7 Å². The van der Waals surface area contributed by atoms with E-state index in [0.29, 0.717) is 25.3 Å². The summed E-state index contributed by atoms with van der Waals surface area (Å²) in [5, 5.41) is 9.22. The zero-order chi connectivity index (χ0) is 13.8. The van der Waals surface area contributed by atoms with Gasteiger partial charge in [0.05, 0.1) is 18.4 Å². The summed E-state index contributed by atoms with van der Waals surface area (Å²) < 4.78 is 0. The molecule has 102 valence electrons. The van der Waals surface area contributed by atoms with Crippen molar-refractivity contribution < 1.29 is 14.7 Å². The quantitative estimate of drug-likeness (QED) is 0.603. The van der Waals surface area contributed by atoms with Gasteiger partial charge in [0.25, 0.3) is 0 Å². The van der Waals surface area contributed by atoms with E-state index in [0.717, 1.165) is 12.8 Å². The molecule has 4 nitrogen and oxygen atoms in total. The first-order valence-electron chi connectivity index (χ1n) is 6.73. The Balaban J connectivity index is 2.07. The monoisotopic (exact) mass is 261 g/mol. The summed E-state index contributed by atoms with van der Waals surface area (Å²) in [4.78, 5) is 25.4. The number of terminal acetylenes is 1. The molecule has 0 aromatic rings. The fourth-order valence-electron chi connectivity index (χ4n) is 2.55. The van der Waals surface area contributed by atoms with E-state index < -0.39 is 17.8 Å². The Labute approximate surface area is 113 Å². The summed E-state index contributed by atoms with van der Waals surface area (Å²) in [7, 11) is 0. The zero-order valence-electron chi connectivity index (χ0n) is 10.9. The number of carbonyl (C=O) groups is 2. The minimum Gasteiger partial charge on any atom is -0.481 e. The number of hydrogen-bond donors (Lipinski definition) is 1. The van der Waals surface area contributed by atoms with Crippen LogP contribution in [0.25, 0.3) is 0 Å². The first-order valence-corrected chi connectivity index (χ1v) is 6.73. The van der Waals surface area contributed by atoms with Gasteiger partial charge in [-0.3, -0.25) is 9.59 Å². The van der Waals surface area contributed by atoms with Crippen molar-refractivity contribution in [1.29, 1.82) is 0 Å². The van der Waals surface area contributed by atoms with Crippen molar-refractivity contribution >= 4 is 11.9 Å². The molecule has 0 bridgehead atoms. The molecule has 2 atom stereocenters. The molecule has 2 unspecified atom stereocenters. The summed E-state index contributed by atoms with van der Waals surface area (Å²) >= 11 is 0. The number of carboxylic acid groups (broad SMARTS) is 1. The molecule has 1 fully saturated rings. The Kier molecular flexibility index (Phi) is 4.26. The van der Waals surface area contributed by atoms with E-state index in [1.54, 1.807) is 4.90 Å². The fourth-order valence-corrected chi connectivity index (χ4v) is 2.55. The second-order valence-electron chi connectivity index (χ2n) is 5.36. The summed E-state index contributed by atoms with van der Waals surface area (Å²) in [6, 6.07) is 0. The molecule has 2 aliphatic carbocycles. The predicted molar refractivity (Wildman–Crippen MR) is 71.1 cm³/mol. The maximum atomic E-state index is 12.5. The molecular formula is C15H19NO3. The van der Waals surface area contributed by atoms with Crippen LogP contribution in [0.5, 0.6) is 0 Å². The number of carboxylic acids is 1. The van der Waals surface area contributed by atoms with Gasteiger partial charge in [-0.1, -0.05) is 18.1 Å². The molecule has 1 N–H and O–H groups in total. The minimum absolute atomic E-state index is 0.0957. The maximum Gasteiger partial charge on any atom is 0.307 e. The van der Waals surface area contributed by atoms with Crippen molar-refractivity contribution in [1.82, 2.24) is 4.90 Å². The smallest absolute Gasteiger partial charge is 0.307 e. The van der Waals surface area contributed by atoms with Gasteiger partial charge < -0.3 is 10.0 Å². The summed E-state index contributed by atoms with van der Waals surface area (Å²) in [6.07, 6.45) is 12.3. The van der Waals surface area contributed by atoms with Gasteiger partial charge >= 0.3 is 5.97 Å². The van der Waals surface area contributed by atoms with E-state index in [1.165, 1.54) is 0 Å². The number of carbonyl (C=O) groups excluding carboxylic acids is 1. The third-order valence-electron chi connectivity index (χ3n) is 3.84. The highest BCUT2D eigenvalue weighted by Gasteiger charge is 2.37. The van der Waals surface area contributed by atoms with E-state index >= 15 is 0 Å². The third-order valence-corrected chi connectivity index (χ3v) is 3.84. The summed E-state index contributed by atoms with van der Waals surface area (Å²) in [5.74, 6) is 0.993. The van der Waals surface area contributed by atoms with E-state index in [9.17, 15) is 14.7 Å². The van der Waals surface area contributed by atoms with Crippen LogP contribution in [0.15, 0.2) is 12.2 Å². The second kappa shape index (κ2) is 5.92. The predicted octanol–water partition coefficient (Wildman–Crippen LogP) is 1.53. The van der Waals surface area contributed by atoms with Crippen LogP contribution < -0.4 is 0 Å². The zero-order valence-corrected chi connectivity index (χ0v) is 10.9. The van der Waals surface area contributed by atoms with Crippen molar-refractivity contribution in [2.24, 2.45) is 17.8 Å². The molecule has 4 heteroatoms. The Morgan fingerprint density at radius 3 is 2.42 bits per heavy atom. The molecule has 0 aromatic heterocycles. The number of rotatable bonds is 5. The van der Waals surface area contributed by atoms with Crippen LogP contribution in [0.2, 0.25) is 0 Å². The van der Waals surface area contributed by atoms with Gasteiger partial charge in [0, 0.05) is 6.54 Å². The van der Waals surface area contributed by atoms with E-state index in [-0.39, 0.29) is 12.5 Å². The lowest BCUT2D eigenvalue weighted by Gasteiger charge is -2.30. The number of nitrogens with zero attached hydrogens (tertiary/aromatic N) is 1. The molecule has 0 aromatic carbocycles. The molecule has 1 amide bonds. The fraction of sp³-hybridized carbons (Fsp3) is 0.600. The van der Waals surface area contributed by atoms with Crippen LogP contribution >= 0.6 is 0 Å². The second-order valence-corrected chi connectivity index (χ2v) is 5.36. The van der Waals surface area contributed by atoms with Crippen LogP contribution in [0.4, 0.5) is 0 Å². The van der Waals surface area contributed by atoms with Crippen molar-refractivity contribution in [3.8, 4) is 12.3 Å². The Morgan fingerprint density at radius 1 is 1.26 bits per heavy atom. The highest BCUT2D eigenvalue weighted by atomic mass is 16.4. The van der Waals surface area contributed by atoms with Crippen LogP contribution in [-0.2, 0) is 9.59 Å². The van der Waals surface area contributed by atoms with Gasteiger partial charge in [0.2, 0.25) is 5.91 Å². The van der Waals surface area contributed by atoms with Crippen LogP contribution in [0.3, 0.4) is 0 Å². The van der Waals surface area contributed by atoms with Crippen molar-refractivity contribution in [2.45, 2.75) is 25.7 Å². The van der Waals surface area contributed by atoms with Gasteiger partial charge in [0.15, 0.2) is 0 Å². The Bertz CT molecular complexity index is 431. The standard InChI is InChI=1S/C15H19NO3/c1-2-9-16(10-11-7-8-11)14(17)12-5-3-4-6-13(12)15(18)19/h1,3-4,11-13H,5-10H2,(H,18,19). The molecule has 0 radical (unpaired) electrons. The summed E-state index contributed by atoms with van der Waals surface area (Å²) in [6.45, 7) is 0.956. The van der Waals surface area contributed by atoms with Crippen LogP contribution in [-0.4, -0.2) is 35.0 Å².